The van der Waals surface area contributed by atoms with Crippen LogP contribution >= 0.6 is 0 Å². The van der Waals surface area contributed by atoms with E-state index in [1.54, 1.807) is 7.11 Å². The van der Waals surface area contributed by atoms with Crippen LogP contribution in [0.25, 0.3) is 0 Å². The minimum absolute atomic E-state index is 0.527. The van der Waals surface area contributed by atoms with Gasteiger partial charge in [-0.3, -0.25) is 4.90 Å². The van der Waals surface area contributed by atoms with Crippen molar-refractivity contribution in [2.45, 2.75) is 38.5 Å². The standard InChI is InChI=1S/C19H29N5O2.2C2HF3O2/c1-22(2)12-13-26-15-19-21-20-18-8-9-23(10-11-24(18)19)14-16-4-6-17(25-3)7-5-16;2*3-2(4,5)1(6)7/h4-7H,8-15H2,1-3H3;2*(H,6,7). The van der Waals surface area contributed by atoms with E-state index in [4.69, 9.17) is 29.3 Å². The molecule has 1 aromatic carbocycles. The van der Waals surface area contributed by atoms with Crippen LogP contribution in [0, 0.1) is 0 Å². The zero-order valence-electron chi connectivity index (χ0n) is 22.0. The van der Waals surface area contributed by atoms with Crippen LogP contribution in [0.3, 0.4) is 0 Å². The van der Waals surface area contributed by atoms with E-state index in [0.717, 1.165) is 56.5 Å². The van der Waals surface area contributed by atoms with Gasteiger partial charge in [0.1, 0.15) is 18.2 Å². The first-order valence-corrected chi connectivity index (χ1v) is 11.6. The summed E-state index contributed by atoms with van der Waals surface area (Å²) >= 11 is 0. The molecule has 40 heavy (non-hydrogen) atoms. The molecule has 0 spiro atoms. The number of halogens is 6. The van der Waals surface area contributed by atoms with Gasteiger partial charge < -0.3 is 29.2 Å². The zero-order chi connectivity index (χ0) is 30.5. The molecule has 1 aliphatic heterocycles. The van der Waals surface area contributed by atoms with E-state index in [1.165, 1.54) is 5.56 Å². The lowest BCUT2D eigenvalue weighted by Crippen LogP contribution is -2.26. The number of benzene rings is 1. The van der Waals surface area contributed by atoms with Gasteiger partial charge in [-0.05, 0) is 31.8 Å². The molecule has 11 nitrogen and oxygen atoms in total. The number of nitrogens with zero attached hydrogens (tertiary/aromatic N) is 5. The van der Waals surface area contributed by atoms with Crippen LogP contribution in [-0.4, -0.2) is 107 Å². The Hall–Kier alpha value is -3.44. The number of likely N-dealkylation sites (N-methyl/N-ethyl adjacent to an activating group) is 1. The number of carbonyl (C=O) groups is 2. The van der Waals surface area contributed by atoms with E-state index in [0.29, 0.717) is 13.2 Å². The van der Waals surface area contributed by atoms with Gasteiger partial charge in [0.15, 0.2) is 5.82 Å². The van der Waals surface area contributed by atoms with Crippen molar-refractivity contribution in [2.24, 2.45) is 0 Å². The zero-order valence-corrected chi connectivity index (χ0v) is 22.0. The van der Waals surface area contributed by atoms with Crippen molar-refractivity contribution in [3.63, 3.8) is 0 Å². The molecule has 1 aliphatic rings. The van der Waals surface area contributed by atoms with E-state index in [1.807, 2.05) is 26.2 Å². The molecule has 0 radical (unpaired) electrons. The molecule has 0 unspecified atom stereocenters. The quantitative estimate of drug-likeness (QED) is 0.351. The SMILES string of the molecule is COc1ccc(CN2CCc3nnc(COCCN(C)C)n3CC2)cc1.O=C(O)C(F)(F)F.O=C(O)C(F)(F)F. The third-order valence-corrected chi connectivity index (χ3v) is 5.16. The molecule has 0 aliphatic carbocycles. The van der Waals surface area contributed by atoms with Crippen LogP contribution < -0.4 is 4.74 Å². The lowest BCUT2D eigenvalue weighted by molar-refractivity contribution is -0.193. The van der Waals surface area contributed by atoms with Gasteiger partial charge in [0.05, 0.1) is 13.7 Å². The summed E-state index contributed by atoms with van der Waals surface area (Å²) in [7, 11) is 5.79. The number of carboxylic acids is 2. The Morgan fingerprint density at radius 1 is 0.950 bits per heavy atom. The van der Waals surface area contributed by atoms with E-state index < -0.39 is 24.3 Å². The number of rotatable bonds is 8. The first kappa shape index (κ1) is 34.6. The molecular weight excluding hydrogens is 556 g/mol. The maximum atomic E-state index is 10.6. The van der Waals surface area contributed by atoms with E-state index in [9.17, 15) is 26.3 Å². The van der Waals surface area contributed by atoms with Gasteiger partial charge >= 0.3 is 24.3 Å². The molecule has 1 aromatic heterocycles. The maximum absolute atomic E-state index is 10.6. The number of methoxy groups -OCH3 is 1. The fraction of sp³-hybridized carbons (Fsp3) is 0.565. The molecule has 2 heterocycles. The van der Waals surface area contributed by atoms with Gasteiger partial charge in [-0.1, -0.05) is 12.1 Å². The van der Waals surface area contributed by atoms with Crippen LogP contribution in [0.4, 0.5) is 26.3 Å². The molecule has 226 valence electrons. The summed E-state index contributed by atoms with van der Waals surface area (Å²) in [6.07, 6.45) is -9.25. The van der Waals surface area contributed by atoms with Crippen molar-refractivity contribution < 1.29 is 55.6 Å². The number of aromatic nitrogens is 3. The van der Waals surface area contributed by atoms with E-state index >= 15 is 0 Å². The van der Waals surface area contributed by atoms with Crippen LogP contribution in [0.2, 0.25) is 0 Å². The summed E-state index contributed by atoms with van der Waals surface area (Å²) in [4.78, 5) is 22.4. The van der Waals surface area contributed by atoms with Crippen LogP contribution in [-0.2, 0) is 40.4 Å². The summed E-state index contributed by atoms with van der Waals surface area (Å²) in [5.74, 6) is -2.62. The first-order chi connectivity index (χ1) is 18.5. The van der Waals surface area contributed by atoms with Crippen molar-refractivity contribution in [1.29, 1.82) is 0 Å². The summed E-state index contributed by atoms with van der Waals surface area (Å²) in [6, 6.07) is 8.30. The number of carboxylic acid groups (broad SMARTS) is 2. The Balaban J connectivity index is 0.000000473. The number of aliphatic carboxylic acids is 2. The third-order valence-electron chi connectivity index (χ3n) is 5.16. The molecular formula is C23H31F6N5O6. The highest BCUT2D eigenvalue weighted by Gasteiger charge is 2.38. The number of hydrogen-bond donors (Lipinski definition) is 2. The summed E-state index contributed by atoms with van der Waals surface area (Å²) < 4.78 is 76.7. The molecule has 0 fully saturated rings. The Morgan fingerprint density at radius 2 is 1.50 bits per heavy atom. The Morgan fingerprint density at radius 3 is 1.98 bits per heavy atom. The summed E-state index contributed by atoms with van der Waals surface area (Å²) in [5.41, 5.74) is 1.30. The van der Waals surface area contributed by atoms with Gasteiger partial charge in [0.25, 0.3) is 0 Å². The second-order valence-corrected chi connectivity index (χ2v) is 8.52. The van der Waals surface area contributed by atoms with Gasteiger partial charge in [0, 0.05) is 39.1 Å². The number of fused-ring (bicyclic) bond motifs is 1. The van der Waals surface area contributed by atoms with Crippen LogP contribution in [0.1, 0.15) is 17.2 Å². The molecule has 0 amide bonds. The smallest absolute Gasteiger partial charge is 0.490 e. The fourth-order valence-corrected chi connectivity index (χ4v) is 3.09. The van der Waals surface area contributed by atoms with Crippen molar-refractivity contribution in [3.05, 3.63) is 41.5 Å². The fourth-order valence-electron chi connectivity index (χ4n) is 3.09. The average molecular weight is 588 g/mol. The van der Waals surface area contributed by atoms with Crippen molar-refractivity contribution in [2.75, 3.05) is 47.4 Å². The second-order valence-electron chi connectivity index (χ2n) is 8.52. The summed E-state index contributed by atoms with van der Waals surface area (Å²) in [6.45, 7) is 5.98. The molecule has 0 bridgehead atoms. The summed E-state index contributed by atoms with van der Waals surface area (Å²) in [5, 5.41) is 23.0. The number of alkyl halides is 6. The molecule has 0 atom stereocenters. The van der Waals surface area contributed by atoms with Crippen molar-refractivity contribution in [1.82, 2.24) is 24.6 Å². The Labute approximate surface area is 225 Å². The predicted molar refractivity (Wildman–Crippen MR) is 128 cm³/mol. The molecule has 3 rings (SSSR count). The second kappa shape index (κ2) is 16.0. The topological polar surface area (TPSA) is 130 Å². The van der Waals surface area contributed by atoms with Gasteiger partial charge in [-0.2, -0.15) is 26.3 Å². The average Bonchev–Trinajstić information content (AvgIpc) is 3.13. The van der Waals surface area contributed by atoms with E-state index in [2.05, 4.69) is 36.7 Å². The minimum Gasteiger partial charge on any atom is -0.497 e. The lowest BCUT2D eigenvalue weighted by Gasteiger charge is -2.19. The highest BCUT2D eigenvalue weighted by Crippen LogP contribution is 2.16. The highest BCUT2D eigenvalue weighted by atomic mass is 19.4. The van der Waals surface area contributed by atoms with Gasteiger partial charge in [0.2, 0.25) is 0 Å². The van der Waals surface area contributed by atoms with Gasteiger partial charge in [-0.15, -0.1) is 10.2 Å². The molecule has 2 aromatic rings. The first-order valence-electron chi connectivity index (χ1n) is 11.6. The maximum Gasteiger partial charge on any atom is 0.490 e. The number of hydrogen-bond acceptors (Lipinski definition) is 8. The Kier molecular flexibility index (Phi) is 13.8. The number of ether oxygens (including phenoxy) is 2. The van der Waals surface area contributed by atoms with Crippen molar-refractivity contribution in [3.8, 4) is 5.75 Å². The van der Waals surface area contributed by atoms with Crippen molar-refractivity contribution >= 4 is 11.9 Å². The molecule has 17 heteroatoms. The van der Waals surface area contributed by atoms with Gasteiger partial charge in [-0.25, -0.2) is 9.59 Å². The monoisotopic (exact) mass is 587 g/mol. The molecule has 0 saturated carbocycles. The molecule has 0 saturated heterocycles. The van der Waals surface area contributed by atoms with E-state index in [-0.39, 0.29) is 0 Å². The predicted octanol–water partition coefficient (Wildman–Crippen LogP) is 2.69. The van der Waals surface area contributed by atoms with Crippen LogP contribution in [0.15, 0.2) is 24.3 Å². The Bertz CT molecular complexity index is 1040. The minimum atomic E-state index is -5.08. The largest absolute Gasteiger partial charge is 0.497 e. The van der Waals surface area contributed by atoms with Crippen LogP contribution in [0.5, 0.6) is 5.75 Å². The highest BCUT2D eigenvalue weighted by molar-refractivity contribution is 5.73. The lowest BCUT2D eigenvalue weighted by atomic mass is 10.2. The normalized spacial score (nSPS) is 13.8. The molecule has 2 N–H and O–H groups in total. The third kappa shape index (κ3) is 13.1.